The van der Waals surface area contributed by atoms with Gasteiger partial charge in [-0.05, 0) is 19.8 Å². The summed E-state index contributed by atoms with van der Waals surface area (Å²) in [5.41, 5.74) is 0. The van der Waals surface area contributed by atoms with Crippen LogP contribution in [0.25, 0.3) is 0 Å². The van der Waals surface area contributed by atoms with Crippen LogP contribution in [0.3, 0.4) is 0 Å². The van der Waals surface area contributed by atoms with Gasteiger partial charge in [-0.25, -0.2) is 0 Å². The van der Waals surface area contributed by atoms with Gasteiger partial charge in [-0.3, -0.25) is 4.79 Å². The Bertz CT molecular complexity index is 233. The average Bonchev–Trinajstić information content (AvgIpc) is 2.71. The van der Waals surface area contributed by atoms with E-state index in [0.29, 0.717) is 13.0 Å². The molecule has 0 aromatic carbocycles. The molecule has 1 heterocycles. The van der Waals surface area contributed by atoms with Gasteiger partial charge in [-0.1, -0.05) is 26.2 Å². The van der Waals surface area contributed by atoms with Gasteiger partial charge in [0, 0.05) is 13.0 Å². The number of unbranched alkanes of at least 4 members (excludes halogenated alkanes) is 3. The van der Waals surface area contributed by atoms with Crippen LogP contribution in [0.2, 0.25) is 0 Å². The molecule has 1 aliphatic rings. The summed E-state index contributed by atoms with van der Waals surface area (Å²) in [6.45, 7) is 4.61. The maximum Gasteiger partial charge on any atom is 0.323 e. The quantitative estimate of drug-likeness (QED) is 0.527. The molecule has 0 amide bonds. The van der Waals surface area contributed by atoms with Crippen LogP contribution in [0.15, 0.2) is 0 Å². The normalized spacial score (nSPS) is 25.8. The summed E-state index contributed by atoms with van der Waals surface area (Å²) in [7, 11) is 0. The first kappa shape index (κ1) is 14.5. The van der Waals surface area contributed by atoms with Gasteiger partial charge in [0.2, 0.25) is 0 Å². The predicted octanol–water partition coefficient (Wildman–Crippen LogP) is 1.61. The third-order valence-corrected chi connectivity index (χ3v) is 3.17. The zero-order valence-corrected chi connectivity index (χ0v) is 10.9. The van der Waals surface area contributed by atoms with Gasteiger partial charge in [0.05, 0.1) is 12.2 Å². The standard InChI is InChI=1S/C13H25NO3/c1-3-4-5-6-7-10(2)17-13(16)12-8-11(15)9-14-12/h10-12,14-15H,3-9H2,1-2H3. The Kier molecular flexibility index (Phi) is 6.52. The molecular formula is C13H25NO3. The minimum absolute atomic E-state index is 0.0149. The Morgan fingerprint density at radius 3 is 2.82 bits per heavy atom. The first-order valence-corrected chi connectivity index (χ1v) is 6.75. The molecule has 3 atom stereocenters. The van der Waals surface area contributed by atoms with Gasteiger partial charge < -0.3 is 15.2 Å². The topological polar surface area (TPSA) is 58.6 Å². The number of carbonyl (C=O) groups excluding carboxylic acids is 1. The number of esters is 1. The average molecular weight is 243 g/mol. The van der Waals surface area contributed by atoms with Crippen molar-refractivity contribution in [2.24, 2.45) is 0 Å². The number of carbonyl (C=O) groups is 1. The molecule has 0 bridgehead atoms. The van der Waals surface area contributed by atoms with E-state index in [-0.39, 0.29) is 18.1 Å². The van der Waals surface area contributed by atoms with Crippen LogP contribution in [0, 0.1) is 0 Å². The number of aliphatic hydroxyl groups excluding tert-OH is 1. The molecule has 0 aliphatic carbocycles. The van der Waals surface area contributed by atoms with Crippen molar-refractivity contribution in [3.8, 4) is 0 Å². The Morgan fingerprint density at radius 1 is 1.47 bits per heavy atom. The molecule has 4 nitrogen and oxygen atoms in total. The van der Waals surface area contributed by atoms with Crippen LogP contribution in [0.1, 0.15) is 52.4 Å². The molecule has 4 heteroatoms. The number of hydrogen-bond acceptors (Lipinski definition) is 4. The fourth-order valence-electron chi connectivity index (χ4n) is 2.09. The van der Waals surface area contributed by atoms with E-state index in [2.05, 4.69) is 12.2 Å². The first-order valence-electron chi connectivity index (χ1n) is 6.75. The highest BCUT2D eigenvalue weighted by Gasteiger charge is 2.29. The van der Waals surface area contributed by atoms with Gasteiger partial charge in [0.1, 0.15) is 6.04 Å². The fraction of sp³-hybridized carbons (Fsp3) is 0.923. The molecular weight excluding hydrogens is 218 g/mol. The fourth-order valence-corrected chi connectivity index (χ4v) is 2.09. The third kappa shape index (κ3) is 5.50. The van der Waals surface area contributed by atoms with Crippen LogP contribution < -0.4 is 5.32 Å². The maximum atomic E-state index is 11.7. The molecule has 1 rings (SSSR count). The maximum absolute atomic E-state index is 11.7. The number of hydrogen-bond donors (Lipinski definition) is 2. The van der Waals surface area contributed by atoms with E-state index in [1.165, 1.54) is 19.3 Å². The van der Waals surface area contributed by atoms with Crippen molar-refractivity contribution in [2.45, 2.75) is 70.6 Å². The number of ether oxygens (including phenoxy) is 1. The van der Waals surface area contributed by atoms with Crippen molar-refractivity contribution in [1.82, 2.24) is 5.32 Å². The Morgan fingerprint density at radius 2 is 2.24 bits per heavy atom. The predicted molar refractivity (Wildman–Crippen MR) is 66.7 cm³/mol. The van der Waals surface area contributed by atoms with E-state index >= 15 is 0 Å². The molecule has 100 valence electrons. The lowest BCUT2D eigenvalue weighted by Gasteiger charge is -2.16. The van der Waals surface area contributed by atoms with E-state index in [1.54, 1.807) is 0 Å². The van der Waals surface area contributed by atoms with E-state index in [0.717, 1.165) is 12.8 Å². The van der Waals surface area contributed by atoms with Crippen molar-refractivity contribution in [3.05, 3.63) is 0 Å². The van der Waals surface area contributed by atoms with Crippen LogP contribution in [-0.2, 0) is 9.53 Å². The minimum atomic E-state index is -0.410. The molecule has 0 saturated carbocycles. The molecule has 0 spiro atoms. The highest BCUT2D eigenvalue weighted by atomic mass is 16.5. The summed E-state index contributed by atoms with van der Waals surface area (Å²) < 4.78 is 5.35. The summed E-state index contributed by atoms with van der Waals surface area (Å²) in [5, 5.41) is 12.3. The highest BCUT2D eigenvalue weighted by molar-refractivity contribution is 5.76. The summed E-state index contributed by atoms with van der Waals surface area (Å²) in [5.74, 6) is -0.218. The van der Waals surface area contributed by atoms with Crippen molar-refractivity contribution in [2.75, 3.05) is 6.54 Å². The lowest BCUT2D eigenvalue weighted by Crippen LogP contribution is -2.34. The van der Waals surface area contributed by atoms with Gasteiger partial charge in [0.15, 0.2) is 0 Å². The SMILES string of the molecule is CCCCCCC(C)OC(=O)C1CC(O)CN1. The third-order valence-electron chi connectivity index (χ3n) is 3.17. The van der Waals surface area contributed by atoms with E-state index in [1.807, 2.05) is 6.92 Å². The summed E-state index contributed by atoms with van der Waals surface area (Å²) >= 11 is 0. The van der Waals surface area contributed by atoms with E-state index in [9.17, 15) is 9.90 Å². The second kappa shape index (κ2) is 7.67. The number of nitrogens with one attached hydrogen (secondary N) is 1. The van der Waals surface area contributed by atoms with Crippen LogP contribution in [0.5, 0.6) is 0 Å². The molecule has 0 aromatic heterocycles. The Balaban J connectivity index is 2.12. The number of rotatable bonds is 7. The highest BCUT2D eigenvalue weighted by Crippen LogP contribution is 2.12. The van der Waals surface area contributed by atoms with Gasteiger partial charge >= 0.3 is 5.97 Å². The minimum Gasteiger partial charge on any atom is -0.462 e. The largest absolute Gasteiger partial charge is 0.462 e. The zero-order valence-electron chi connectivity index (χ0n) is 10.9. The zero-order chi connectivity index (χ0) is 12.7. The summed E-state index contributed by atoms with van der Waals surface area (Å²) in [6, 6.07) is -0.317. The first-order chi connectivity index (χ1) is 8.13. The van der Waals surface area contributed by atoms with E-state index < -0.39 is 6.10 Å². The second-order valence-electron chi connectivity index (χ2n) is 4.95. The Labute approximate surface area is 104 Å². The second-order valence-corrected chi connectivity index (χ2v) is 4.95. The molecule has 1 fully saturated rings. The summed E-state index contributed by atoms with van der Waals surface area (Å²) in [6.07, 6.45) is 5.77. The number of β-amino-alcohol motifs (C(OH)–C–C–N with tert-alkyl or cyclic N) is 1. The monoisotopic (exact) mass is 243 g/mol. The molecule has 0 aromatic rings. The van der Waals surface area contributed by atoms with Crippen molar-refractivity contribution >= 4 is 5.97 Å². The molecule has 0 radical (unpaired) electrons. The van der Waals surface area contributed by atoms with Gasteiger partial charge in [-0.15, -0.1) is 0 Å². The molecule has 3 unspecified atom stereocenters. The van der Waals surface area contributed by atoms with Crippen LogP contribution in [0.4, 0.5) is 0 Å². The Hall–Kier alpha value is -0.610. The lowest BCUT2D eigenvalue weighted by molar-refractivity contribution is -0.150. The van der Waals surface area contributed by atoms with Crippen molar-refractivity contribution < 1.29 is 14.6 Å². The summed E-state index contributed by atoms with van der Waals surface area (Å²) in [4.78, 5) is 11.7. The van der Waals surface area contributed by atoms with Gasteiger partial charge in [-0.2, -0.15) is 0 Å². The molecule has 1 saturated heterocycles. The van der Waals surface area contributed by atoms with Crippen molar-refractivity contribution in [3.63, 3.8) is 0 Å². The molecule has 1 aliphatic heterocycles. The number of aliphatic hydroxyl groups is 1. The molecule has 2 N–H and O–H groups in total. The lowest BCUT2D eigenvalue weighted by atomic mass is 10.1. The van der Waals surface area contributed by atoms with E-state index in [4.69, 9.17) is 4.74 Å². The van der Waals surface area contributed by atoms with Gasteiger partial charge in [0.25, 0.3) is 0 Å². The van der Waals surface area contributed by atoms with Crippen molar-refractivity contribution in [1.29, 1.82) is 0 Å². The molecule has 17 heavy (non-hydrogen) atoms. The van der Waals surface area contributed by atoms with Crippen LogP contribution in [-0.4, -0.2) is 35.9 Å². The smallest absolute Gasteiger partial charge is 0.323 e. The van der Waals surface area contributed by atoms with Crippen LogP contribution >= 0.6 is 0 Å².